The Bertz CT molecular complexity index is 793. The molecule has 1 saturated carbocycles. The molecule has 3 aliphatic rings. The van der Waals surface area contributed by atoms with E-state index < -0.39 is 10.0 Å². The van der Waals surface area contributed by atoms with Crippen LogP contribution in [0.2, 0.25) is 0 Å². The van der Waals surface area contributed by atoms with Gasteiger partial charge in [-0.25, -0.2) is 13.1 Å². The second-order valence-corrected chi connectivity index (χ2v) is 10.1. The number of nitrogens with zero attached hydrogens (tertiary/aromatic N) is 1. The van der Waals surface area contributed by atoms with Gasteiger partial charge in [0.25, 0.3) is 5.91 Å². The van der Waals surface area contributed by atoms with Crippen LogP contribution < -0.4 is 10.0 Å². The van der Waals surface area contributed by atoms with Gasteiger partial charge < -0.3 is 10.2 Å². The number of nitrogens with one attached hydrogen (secondary N) is 2. The van der Waals surface area contributed by atoms with Crippen LogP contribution in [0.3, 0.4) is 0 Å². The predicted octanol–water partition coefficient (Wildman–Crippen LogP) is 2.55. The van der Waals surface area contributed by atoms with Gasteiger partial charge in [-0.15, -0.1) is 12.4 Å². The normalized spacial score (nSPS) is 22.4. The predicted molar refractivity (Wildman–Crippen MR) is 111 cm³/mol. The quantitative estimate of drug-likeness (QED) is 0.773. The highest BCUT2D eigenvalue weighted by molar-refractivity contribution is 7.89. The second kappa shape index (κ2) is 8.69. The number of sulfonamides is 1. The molecule has 6 nitrogen and oxygen atoms in total. The lowest BCUT2D eigenvalue weighted by molar-refractivity contribution is 0.0607. The molecule has 1 aromatic rings. The van der Waals surface area contributed by atoms with E-state index in [4.69, 9.17) is 0 Å². The number of hydrogen-bond donors (Lipinski definition) is 2. The molecular formula is C20H30ClN3O3S. The smallest absolute Gasteiger partial charge is 0.253 e. The number of piperidine rings is 1. The minimum absolute atomic E-state index is 0. The number of hydrogen-bond acceptors (Lipinski definition) is 4. The Morgan fingerprint density at radius 1 is 1.14 bits per heavy atom. The molecule has 1 aromatic carbocycles. The van der Waals surface area contributed by atoms with E-state index in [9.17, 15) is 13.2 Å². The molecule has 0 bridgehead atoms. The van der Waals surface area contributed by atoms with Crippen molar-refractivity contribution in [1.82, 2.24) is 14.9 Å². The highest BCUT2D eigenvalue weighted by Gasteiger charge is 2.38. The lowest BCUT2D eigenvalue weighted by Gasteiger charge is -2.39. The molecule has 2 heterocycles. The molecule has 2 aliphatic heterocycles. The van der Waals surface area contributed by atoms with Crippen molar-refractivity contribution in [2.75, 3.05) is 26.2 Å². The Labute approximate surface area is 173 Å². The number of likely N-dealkylation sites (tertiary alicyclic amines) is 1. The van der Waals surface area contributed by atoms with Gasteiger partial charge in [0.1, 0.15) is 0 Å². The third-order valence-corrected chi connectivity index (χ3v) is 8.03. The first-order chi connectivity index (χ1) is 13.0. The van der Waals surface area contributed by atoms with Gasteiger partial charge in [0.05, 0.1) is 4.90 Å². The Hall–Kier alpha value is -1.15. The highest BCUT2D eigenvalue weighted by atomic mass is 35.5. The number of carbonyl (C=O) groups excluding carboxylic acids is 1. The van der Waals surface area contributed by atoms with Crippen LogP contribution in [0.4, 0.5) is 0 Å². The fraction of sp³-hybridized carbons (Fsp3) is 0.650. The van der Waals surface area contributed by atoms with Crippen LogP contribution in [-0.4, -0.2) is 51.4 Å². The standard InChI is InChI=1S/C20H29N3O3S.ClH/c24-19(23-12-9-20(10-13-23)8-11-21-15-20)16-4-3-7-18(14-16)27(25,26)22-17-5-1-2-6-17;/h3-4,7,14,17,21-22H,1-2,5-6,8-13,15H2;1H. The maximum atomic E-state index is 12.9. The van der Waals surface area contributed by atoms with E-state index >= 15 is 0 Å². The van der Waals surface area contributed by atoms with Crippen LogP contribution in [0.25, 0.3) is 0 Å². The summed E-state index contributed by atoms with van der Waals surface area (Å²) < 4.78 is 28.1. The average molecular weight is 428 g/mol. The third-order valence-electron chi connectivity index (χ3n) is 6.51. The fourth-order valence-electron chi connectivity index (χ4n) is 4.72. The summed E-state index contributed by atoms with van der Waals surface area (Å²) in [5, 5.41) is 3.43. The van der Waals surface area contributed by atoms with Crippen molar-refractivity contribution in [2.45, 2.75) is 55.9 Å². The summed E-state index contributed by atoms with van der Waals surface area (Å²) in [6.45, 7) is 3.62. The summed E-state index contributed by atoms with van der Waals surface area (Å²) in [7, 11) is -3.58. The van der Waals surface area contributed by atoms with Gasteiger partial charge in [-0.2, -0.15) is 0 Å². The third kappa shape index (κ3) is 4.53. The van der Waals surface area contributed by atoms with Gasteiger partial charge in [-0.05, 0) is 62.3 Å². The Balaban J connectivity index is 0.00000225. The van der Waals surface area contributed by atoms with Crippen molar-refractivity contribution >= 4 is 28.3 Å². The summed E-state index contributed by atoms with van der Waals surface area (Å²) in [5.74, 6) is -0.0614. The topological polar surface area (TPSA) is 78.5 Å². The van der Waals surface area contributed by atoms with E-state index in [1.807, 2.05) is 4.90 Å². The summed E-state index contributed by atoms with van der Waals surface area (Å²) in [5.41, 5.74) is 0.817. The van der Waals surface area contributed by atoms with E-state index in [1.165, 1.54) is 12.5 Å². The van der Waals surface area contributed by atoms with Crippen molar-refractivity contribution in [3.63, 3.8) is 0 Å². The zero-order valence-electron chi connectivity index (χ0n) is 16.2. The molecule has 2 saturated heterocycles. The molecule has 0 radical (unpaired) electrons. The number of amides is 1. The lowest BCUT2D eigenvalue weighted by atomic mass is 9.78. The van der Waals surface area contributed by atoms with Crippen LogP contribution in [0.5, 0.6) is 0 Å². The molecule has 0 aromatic heterocycles. The van der Waals surface area contributed by atoms with Gasteiger partial charge in [0.15, 0.2) is 0 Å². The molecule has 1 spiro atoms. The summed E-state index contributed by atoms with van der Waals surface area (Å²) in [6, 6.07) is 6.51. The summed E-state index contributed by atoms with van der Waals surface area (Å²) in [4.78, 5) is 15.0. The fourth-order valence-corrected chi connectivity index (χ4v) is 6.07. The van der Waals surface area contributed by atoms with E-state index in [0.717, 1.165) is 64.7 Å². The summed E-state index contributed by atoms with van der Waals surface area (Å²) >= 11 is 0. The lowest BCUT2D eigenvalue weighted by Crippen LogP contribution is -2.44. The van der Waals surface area contributed by atoms with Crippen LogP contribution in [0.1, 0.15) is 55.3 Å². The van der Waals surface area contributed by atoms with Gasteiger partial charge in [0, 0.05) is 31.2 Å². The molecule has 2 N–H and O–H groups in total. The first-order valence-electron chi connectivity index (χ1n) is 10.1. The van der Waals surface area contributed by atoms with E-state index in [2.05, 4.69) is 10.0 Å². The second-order valence-electron chi connectivity index (χ2n) is 8.35. The molecular weight excluding hydrogens is 398 g/mol. The van der Waals surface area contributed by atoms with Crippen molar-refractivity contribution < 1.29 is 13.2 Å². The minimum atomic E-state index is -3.58. The number of rotatable bonds is 4. The van der Waals surface area contributed by atoms with Gasteiger partial charge in [0.2, 0.25) is 10.0 Å². The molecule has 3 fully saturated rings. The molecule has 156 valence electrons. The maximum absolute atomic E-state index is 12.9. The van der Waals surface area contributed by atoms with Crippen molar-refractivity contribution in [3.8, 4) is 0 Å². The van der Waals surface area contributed by atoms with Crippen LogP contribution >= 0.6 is 12.4 Å². The molecule has 1 amide bonds. The highest BCUT2D eigenvalue weighted by Crippen LogP contribution is 2.37. The zero-order chi connectivity index (χ0) is 18.9. The van der Waals surface area contributed by atoms with Gasteiger partial charge >= 0.3 is 0 Å². The zero-order valence-corrected chi connectivity index (χ0v) is 17.8. The molecule has 1 aliphatic carbocycles. The maximum Gasteiger partial charge on any atom is 0.253 e. The van der Waals surface area contributed by atoms with Crippen LogP contribution in [-0.2, 0) is 10.0 Å². The van der Waals surface area contributed by atoms with Crippen molar-refractivity contribution in [3.05, 3.63) is 29.8 Å². The molecule has 8 heteroatoms. The molecule has 4 rings (SSSR count). The Morgan fingerprint density at radius 3 is 2.50 bits per heavy atom. The van der Waals surface area contributed by atoms with Crippen molar-refractivity contribution in [2.24, 2.45) is 5.41 Å². The van der Waals surface area contributed by atoms with Gasteiger partial charge in [-0.3, -0.25) is 4.79 Å². The molecule has 0 atom stereocenters. The van der Waals surface area contributed by atoms with E-state index in [-0.39, 0.29) is 29.3 Å². The number of carbonyl (C=O) groups is 1. The van der Waals surface area contributed by atoms with Crippen LogP contribution in [0.15, 0.2) is 29.2 Å². The van der Waals surface area contributed by atoms with Gasteiger partial charge in [-0.1, -0.05) is 18.9 Å². The number of benzene rings is 1. The Morgan fingerprint density at radius 2 is 1.86 bits per heavy atom. The minimum Gasteiger partial charge on any atom is -0.339 e. The number of halogens is 1. The molecule has 28 heavy (non-hydrogen) atoms. The van der Waals surface area contributed by atoms with E-state index in [0.29, 0.717) is 11.0 Å². The monoisotopic (exact) mass is 427 g/mol. The van der Waals surface area contributed by atoms with Crippen molar-refractivity contribution in [1.29, 1.82) is 0 Å². The first-order valence-corrected chi connectivity index (χ1v) is 11.6. The van der Waals surface area contributed by atoms with E-state index in [1.54, 1.807) is 18.2 Å². The average Bonchev–Trinajstić information content (AvgIpc) is 3.34. The largest absolute Gasteiger partial charge is 0.339 e. The summed E-state index contributed by atoms with van der Waals surface area (Å²) in [6.07, 6.45) is 7.15. The molecule has 0 unspecified atom stereocenters. The first kappa shape index (κ1) is 21.6. The Kier molecular flexibility index (Phi) is 6.69. The SMILES string of the molecule is Cl.O=C(c1cccc(S(=O)(=O)NC2CCCC2)c1)N1CCC2(CCNC2)CC1. The van der Waals surface area contributed by atoms with Crippen LogP contribution in [0, 0.1) is 5.41 Å².